The summed E-state index contributed by atoms with van der Waals surface area (Å²) in [6.07, 6.45) is 3.43. The molecule has 1 atom stereocenters. The van der Waals surface area contributed by atoms with E-state index in [1.807, 2.05) is 37.3 Å². The van der Waals surface area contributed by atoms with E-state index in [4.69, 9.17) is 4.98 Å². The summed E-state index contributed by atoms with van der Waals surface area (Å²) >= 11 is 0. The van der Waals surface area contributed by atoms with Crippen molar-refractivity contribution < 1.29 is 13.6 Å². The van der Waals surface area contributed by atoms with Gasteiger partial charge in [-0.2, -0.15) is 0 Å². The van der Waals surface area contributed by atoms with E-state index in [2.05, 4.69) is 4.98 Å². The van der Waals surface area contributed by atoms with Gasteiger partial charge in [-0.3, -0.25) is 4.79 Å². The molecule has 0 saturated carbocycles. The van der Waals surface area contributed by atoms with Crippen molar-refractivity contribution in [2.24, 2.45) is 0 Å². The van der Waals surface area contributed by atoms with Crippen LogP contribution in [0.4, 0.5) is 8.78 Å². The molecule has 3 aromatic rings. The number of likely N-dealkylation sites (tertiary alicyclic amines) is 1. The molecule has 2 heterocycles. The number of benzene rings is 2. The number of aromatic nitrogens is 2. The van der Waals surface area contributed by atoms with Gasteiger partial charge in [0.15, 0.2) is 5.82 Å². The van der Waals surface area contributed by atoms with Crippen molar-refractivity contribution in [3.8, 4) is 11.4 Å². The van der Waals surface area contributed by atoms with Gasteiger partial charge in [-0.15, -0.1) is 0 Å². The molecular weight excluding hydrogens is 372 g/mol. The van der Waals surface area contributed by atoms with E-state index in [1.54, 1.807) is 11.1 Å². The maximum atomic E-state index is 13.5. The number of nitrogens with zero attached hydrogens (tertiary/aromatic N) is 3. The van der Waals surface area contributed by atoms with Gasteiger partial charge in [-0.25, -0.2) is 18.7 Å². The average molecular weight is 393 g/mol. The number of hydrogen-bond acceptors (Lipinski definition) is 3. The zero-order valence-electron chi connectivity index (χ0n) is 16.1. The van der Waals surface area contributed by atoms with Crippen LogP contribution in [0.25, 0.3) is 11.4 Å². The molecular formula is C23H21F2N3O. The van der Waals surface area contributed by atoms with Crippen LogP contribution in [0.1, 0.15) is 40.4 Å². The highest BCUT2D eigenvalue weighted by atomic mass is 19.1. The molecule has 0 spiro atoms. The Morgan fingerprint density at radius 2 is 1.79 bits per heavy atom. The first-order valence-corrected chi connectivity index (χ1v) is 9.65. The Kier molecular flexibility index (Phi) is 5.34. The van der Waals surface area contributed by atoms with E-state index < -0.39 is 11.6 Å². The van der Waals surface area contributed by atoms with Crippen LogP contribution in [0.15, 0.2) is 54.7 Å². The second-order valence-corrected chi connectivity index (χ2v) is 7.42. The van der Waals surface area contributed by atoms with Gasteiger partial charge in [0.05, 0.1) is 0 Å². The monoisotopic (exact) mass is 393 g/mol. The van der Waals surface area contributed by atoms with Gasteiger partial charge in [0.25, 0.3) is 5.91 Å². The second-order valence-electron chi connectivity index (χ2n) is 7.42. The van der Waals surface area contributed by atoms with E-state index in [0.29, 0.717) is 18.9 Å². The predicted molar refractivity (Wildman–Crippen MR) is 106 cm³/mol. The third-order valence-corrected chi connectivity index (χ3v) is 5.22. The van der Waals surface area contributed by atoms with Crippen molar-refractivity contribution in [3.63, 3.8) is 0 Å². The number of hydrogen-bond donors (Lipinski definition) is 0. The van der Waals surface area contributed by atoms with E-state index in [0.717, 1.165) is 42.3 Å². The summed E-state index contributed by atoms with van der Waals surface area (Å²) < 4.78 is 27.0. The summed E-state index contributed by atoms with van der Waals surface area (Å²) in [5.74, 6) is -1.15. The molecule has 2 aromatic carbocycles. The Labute approximate surface area is 168 Å². The second kappa shape index (κ2) is 8.07. The lowest BCUT2D eigenvalue weighted by molar-refractivity contribution is 0.0705. The van der Waals surface area contributed by atoms with Crippen molar-refractivity contribution >= 4 is 5.91 Å². The highest BCUT2D eigenvalue weighted by molar-refractivity contribution is 5.94. The smallest absolute Gasteiger partial charge is 0.254 e. The normalized spacial score (nSPS) is 16.7. The summed E-state index contributed by atoms with van der Waals surface area (Å²) in [7, 11) is 0. The van der Waals surface area contributed by atoms with E-state index in [9.17, 15) is 13.6 Å². The van der Waals surface area contributed by atoms with Crippen LogP contribution in [-0.2, 0) is 0 Å². The van der Waals surface area contributed by atoms with E-state index in [-0.39, 0.29) is 17.4 Å². The van der Waals surface area contributed by atoms with Crippen molar-refractivity contribution in [1.82, 2.24) is 14.9 Å². The predicted octanol–water partition coefficient (Wildman–Crippen LogP) is 4.75. The zero-order valence-corrected chi connectivity index (χ0v) is 16.1. The molecule has 1 amide bonds. The minimum absolute atomic E-state index is 0.0335. The summed E-state index contributed by atoms with van der Waals surface area (Å²) in [6.45, 7) is 3.05. The lowest BCUT2D eigenvalue weighted by atomic mass is 9.94. The standard InChI is InChI=1S/C23H21F2N3O/c1-15-4-6-16(7-5-15)22-26-9-8-21(27-22)17-3-2-10-28(14-17)23(29)18-11-19(24)13-20(25)12-18/h4-9,11-13,17H,2-3,10,14H2,1H3/t17-/m1/s1. The molecule has 0 unspecified atom stereocenters. The minimum Gasteiger partial charge on any atom is -0.338 e. The van der Waals surface area contributed by atoms with Gasteiger partial charge in [0.2, 0.25) is 0 Å². The van der Waals surface area contributed by atoms with Gasteiger partial charge in [0.1, 0.15) is 11.6 Å². The topological polar surface area (TPSA) is 46.1 Å². The molecule has 4 rings (SSSR count). The Balaban J connectivity index is 1.55. The molecule has 0 bridgehead atoms. The zero-order chi connectivity index (χ0) is 20.4. The van der Waals surface area contributed by atoms with Crippen LogP contribution in [0, 0.1) is 18.6 Å². The lowest BCUT2D eigenvalue weighted by Gasteiger charge is -2.32. The van der Waals surface area contributed by atoms with Gasteiger partial charge in [-0.1, -0.05) is 29.8 Å². The summed E-state index contributed by atoms with van der Waals surface area (Å²) in [5.41, 5.74) is 3.02. The molecule has 6 heteroatoms. The number of piperidine rings is 1. The van der Waals surface area contributed by atoms with Gasteiger partial charge < -0.3 is 4.90 Å². The molecule has 148 valence electrons. The Morgan fingerprint density at radius 1 is 1.07 bits per heavy atom. The number of carbonyl (C=O) groups is 1. The van der Waals surface area contributed by atoms with Crippen molar-refractivity contribution in [3.05, 3.63) is 83.2 Å². The number of halogens is 2. The summed E-state index contributed by atoms with van der Waals surface area (Å²) in [5, 5.41) is 0. The molecule has 29 heavy (non-hydrogen) atoms. The SMILES string of the molecule is Cc1ccc(-c2nccc([C@@H]3CCCN(C(=O)c4cc(F)cc(F)c4)C3)n2)cc1. The van der Waals surface area contributed by atoms with Crippen LogP contribution in [0.3, 0.4) is 0 Å². The number of amides is 1. The molecule has 1 fully saturated rings. The fraction of sp³-hybridized carbons (Fsp3) is 0.261. The molecule has 0 N–H and O–H groups in total. The fourth-order valence-electron chi connectivity index (χ4n) is 3.70. The van der Waals surface area contributed by atoms with Gasteiger partial charge in [0, 0.05) is 48.1 Å². The molecule has 0 aliphatic carbocycles. The van der Waals surface area contributed by atoms with Crippen LogP contribution in [0.2, 0.25) is 0 Å². The van der Waals surface area contributed by atoms with Crippen LogP contribution in [-0.4, -0.2) is 33.9 Å². The first-order valence-electron chi connectivity index (χ1n) is 9.65. The average Bonchev–Trinajstić information content (AvgIpc) is 2.73. The van der Waals surface area contributed by atoms with Crippen LogP contribution >= 0.6 is 0 Å². The molecule has 1 aromatic heterocycles. The quantitative estimate of drug-likeness (QED) is 0.645. The lowest BCUT2D eigenvalue weighted by Crippen LogP contribution is -2.39. The first kappa shape index (κ1) is 19.2. The van der Waals surface area contributed by atoms with Crippen molar-refractivity contribution in [2.75, 3.05) is 13.1 Å². The molecule has 1 saturated heterocycles. The van der Waals surface area contributed by atoms with E-state index >= 15 is 0 Å². The summed E-state index contributed by atoms with van der Waals surface area (Å²) in [6, 6.07) is 12.8. The maximum absolute atomic E-state index is 13.5. The first-order chi connectivity index (χ1) is 14.0. The molecule has 0 radical (unpaired) electrons. The Morgan fingerprint density at radius 3 is 2.52 bits per heavy atom. The molecule has 1 aliphatic rings. The third-order valence-electron chi connectivity index (χ3n) is 5.22. The van der Waals surface area contributed by atoms with Crippen LogP contribution < -0.4 is 0 Å². The number of rotatable bonds is 3. The van der Waals surface area contributed by atoms with Crippen molar-refractivity contribution in [2.45, 2.75) is 25.7 Å². The fourth-order valence-corrected chi connectivity index (χ4v) is 3.70. The molecule has 4 nitrogen and oxygen atoms in total. The number of carbonyl (C=O) groups excluding carboxylic acids is 1. The highest BCUT2D eigenvalue weighted by Gasteiger charge is 2.27. The van der Waals surface area contributed by atoms with Crippen molar-refractivity contribution in [1.29, 1.82) is 0 Å². The van der Waals surface area contributed by atoms with E-state index in [1.165, 1.54) is 5.56 Å². The minimum atomic E-state index is -0.750. The number of aryl methyl sites for hydroxylation is 1. The van der Waals surface area contributed by atoms with Gasteiger partial charge in [-0.05, 0) is 38.0 Å². The highest BCUT2D eigenvalue weighted by Crippen LogP contribution is 2.28. The molecule has 1 aliphatic heterocycles. The summed E-state index contributed by atoms with van der Waals surface area (Å²) in [4.78, 5) is 23.5. The Bertz CT molecular complexity index is 1020. The third kappa shape index (κ3) is 4.31. The van der Waals surface area contributed by atoms with Gasteiger partial charge >= 0.3 is 0 Å². The maximum Gasteiger partial charge on any atom is 0.254 e. The largest absolute Gasteiger partial charge is 0.338 e. The Hall–Kier alpha value is -3.15. The van der Waals surface area contributed by atoms with Crippen LogP contribution in [0.5, 0.6) is 0 Å².